The van der Waals surface area contributed by atoms with Gasteiger partial charge in [-0.3, -0.25) is 4.79 Å². The number of hydrazone groups is 1. The van der Waals surface area contributed by atoms with Gasteiger partial charge < -0.3 is 9.47 Å². The molecule has 0 saturated heterocycles. The summed E-state index contributed by atoms with van der Waals surface area (Å²) < 4.78 is 11.4. The Balaban J connectivity index is 1.17. The largest absolute Gasteiger partial charge is 0.480 e. The lowest BCUT2D eigenvalue weighted by molar-refractivity contribution is -0.127. The second-order valence-corrected chi connectivity index (χ2v) is 8.46. The van der Waals surface area contributed by atoms with Crippen molar-refractivity contribution in [3.05, 3.63) is 120 Å². The molecule has 37 heavy (non-hydrogen) atoms. The van der Waals surface area contributed by atoms with Crippen molar-refractivity contribution < 1.29 is 19.1 Å². The zero-order chi connectivity index (χ0) is 25.6. The Labute approximate surface area is 214 Å². The van der Waals surface area contributed by atoms with Crippen LogP contribution < -0.4 is 14.9 Å². The van der Waals surface area contributed by atoms with Crippen molar-refractivity contribution in [2.75, 3.05) is 0 Å². The lowest BCUT2D eigenvalue weighted by Gasteiger charge is -2.14. The molecule has 0 fully saturated rings. The van der Waals surface area contributed by atoms with Gasteiger partial charge in [0.15, 0.2) is 6.10 Å². The van der Waals surface area contributed by atoms with E-state index in [0.29, 0.717) is 17.1 Å². The molecule has 0 aliphatic carbocycles. The van der Waals surface area contributed by atoms with E-state index in [4.69, 9.17) is 9.47 Å². The molecule has 0 bridgehead atoms. The molecule has 0 aliphatic heterocycles. The predicted molar refractivity (Wildman–Crippen MR) is 145 cm³/mol. The summed E-state index contributed by atoms with van der Waals surface area (Å²) >= 11 is 0. The second-order valence-electron chi connectivity index (χ2n) is 8.46. The summed E-state index contributed by atoms with van der Waals surface area (Å²) in [7, 11) is 0. The molecule has 5 aromatic carbocycles. The van der Waals surface area contributed by atoms with E-state index >= 15 is 0 Å². The van der Waals surface area contributed by atoms with Crippen LogP contribution in [0, 0.1) is 0 Å². The van der Waals surface area contributed by atoms with Crippen molar-refractivity contribution in [3.8, 4) is 11.5 Å². The van der Waals surface area contributed by atoms with Crippen LogP contribution in [0.4, 0.5) is 0 Å². The molecule has 0 aromatic heterocycles. The molecule has 5 rings (SSSR count). The molecule has 0 unspecified atom stereocenters. The maximum absolute atomic E-state index is 12.7. The van der Waals surface area contributed by atoms with Crippen LogP contribution in [0.1, 0.15) is 22.8 Å². The third-order valence-corrected chi connectivity index (χ3v) is 5.91. The van der Waals surface area contributed by atoms with E-state index < -0.39 is 12.1 Å². The minimum atomic E-state index is -0.737. The standard InChI is InChI=1S/C31H24N2O4/c1-21(36-29-15-7-11-24-9-3-5-13-27(24)29)30(34)33-32-20-22-16-18-25(19-17-22)37-31(35)28-14-6-10-23-8-2-4-12-26(23)28/h2-21H,1H3,(H,33,34)/b32-20-/t21-/m0/s1. The number of esters is 1. The lowest BCUT2D eigenvalue weighted by atomic mass is 10.0. The number of carbonyl (C=O) groups is 2. The Morgan fingerprint density at radius 2 is 1.38 bits per heavy atom. The van der Waals surface area contributed by atoms with E-state index in [0.717, 1.165) is 27.1 Å². The molecule has 0 aliphatic rings. The SMILES string of the molecule is C[C@H](Oc1cccc2ccccc12)C(=O)N/N=C\c1ccc(OC(=O)c2cccc3ccccc23)cc1. The molecule has 5 aromatic rings. The highest BCUT2D eigenvalue weighted by atomic mass is 16.5. The van der Waals surface area contributed by atoms with Gasteiger partial charge in [-0.25, -0.2) is 10.2 Å². The Morgan fingerprint density at radius 3 is 2.14 bits per heavy atom. The van der Waals surface area contributed by atoms with Gasteiger partial charge in [-0.15, -0.1) is 0 Å². The van der Waals surface area contributed by atoms with Crippen LogP contribution in [0.25, 0.3) is 21.5 Å². The molecule has 6 heteroatoms. The molecular formula is C31H24N2O4. The van der Waals surface area contributed by atoms with Crippen LogP contribution >= 0.6 is 0 Å². The fraction of sp³-hybridized carbons (Fsp3) is 0.0645. The fourth-order valence-corrected chi connectivity index (χ4v) is 3.99. The molecule has 1 N–H and O–H groups in total. The molecular weight excluding hydrogens is 464 g/mol. The minimum Gasteiger partial charge on any atom is -0.480 e. The number of amides is 1. The van der Waals surface area contributed by atoms with Crippen molar-refractivity contribution in [1.29, 1.82) is 0 Å². The smallest absolute Gasteiger partial charge is 0.344 e. The number of rotatable bonds is 7. The molecule has 1 atom stereocenters. The summed E-state index contributed by atoms with van der Waals surface area (Å²) in [6.45, 7) is 1.67. The van der Waals surface area contributed by atoms with Gasteiger partial charge in [0.05, 0.1) is 11.8 Å². The average Bonchev–Trinajstić information content (AvgIpc) is 2.93. The van der Waals surface area contributed by atoms with E-state index in [1.165, 1.54) is 6.21 Å². The minimum absolute atomic E-state index is 0.371. The topological polar surface area (TPSA) is 77.0 Å². The van der Waals surface area contributed by atoms with Crippen LogP contribution in [0.15, 0.2) is 114 Å². The first-order valence-electron chi connectivity index (χ1n) is 11.9. The molecule has 1 amide bonds. The number of hydrogen-bond acceptors (Lipinski definition) is 5. The molecule has 0 spiro atoms. The zero-order valence-electron chi connectivity index (χ0n) is 20.1. The number of nitrogens with one attached hydrogen (secondary N) is 1. The average molecular weight is 489 g/mol. The summed E-state index contributed by atoms with van der Waals surface area (Å²) in [6.07, 6.45) is 0.776. The van der Waals surface area contributed by atoms with Crippen LogP contribution in [0.3, 0.4) is 0 Å². The van der Waals surface area contributed by atoms with Gasteiger partial charge >= 0.3 is 5.97 Å². The number of ether oxygens (including phenoxy) is 2. The van der Waals surface area contributed by atoms with E-state index in [2.05, 4.69) is 10.5 Å². The number of nitrogens with zero attached hydrogens (tertiary/aromatic N) is 1. The first kappa shape index (κ1) is 23.8. The van der Waals surface area contributed by atoms with Crippen molar-refractivity contribution in [3.63, 3.8) is 0 Å². The number of carbonyl (C=O) groups excluding carboxylic acids is 2. The van der Waals surface area contributed by atoms with E-state index in [9.17, 15) is 9.59 Å². The van der Waals surface area contributed by atoms with Crippen molar-refractivity contribution in [2.45, 2.75) is 13.0 Å². The number of benzene rings is 5. The van der Waals surface area contributed by atoms with Gasteiger partial charge in [-0.2, -0.15) is 5.10 Å². The monoisotopic (exact) mass is 488 g/mol. The number of fused-ring (bicyclic) bond motifs is 2. The molecule has 0 radical (unpaired) electrons. The van der Waals surface area contributed by atoms with Crippen LogP contribution in [0.2, 0.25) is 0 Å². The summed E-state index contributed by atoms with van der Waals surface area (Å²) in [5.74, 6) is 0.255. The van der Waals surface area contributed by atoms with E-state index in [1.54, 1.807) is 37.3 Å². The molecule has 0 heterocycles. The zero-order valence-corrected chi connectivity index (χ0v) is 20.1. The van der Waals surface area contributed by atoms with Gasteiger partial charge in [0, 0.05) is 5.39 Å². The predicted octanol–water partition coefficient (Wildman–Crippen LogP) is 6.13. The first-order valence-corrected chi connectivity index (χ1v) is 11.9. The van der Waals surface area contributed by atoms with E-state index in [1.807, 2.05) is 78.9 Å². The first-order chi connectivity index (χ1) is 18.1. The van der Waals surface area contributed by atoms with Crippen molar-refractivity contribution in [2.24, 2.45) is 5.10 Å². The highest BCUT2D eigenvalue weighted by Gasteiger charge is 2.15. The van der Waals surface area contributed by atoms with Crippen LogP contribution in [0.5, 0.6) is 11.5 Å². The molecule has 6 nitrogen and oxygen atoms in total. The summed E-state index contributed by atoms with van der Waals surface area (Å²) in [5.41, 5.74) is 3.74. The Kier molecular flexibility index (Phi) is 6.90. The molecule has 182 valence electrons. The quantitative estimate of drug-likeness (QED) is 0.129. The second kappa shape index (κ2) is 10.7. The maximum Gasteiger partial charge on any atom is 0.344 e. The van der Waals surface area contributed by atoms with Gasteiger partial charge in [0.25, 0.3) is 5.91 Å². The van der Waals surface area contributed by atoms with Crippen molar-refractivity contribution in [1.82, 2.24) is 5.43 Å². The van der Waals surface area contributed by atoms with E-state index in [-0.39, 0.29) is 5.91 Å². The lowest BCUT2D eigenvalue weighted by Crippen LogP contribution is -2.33. The third-order valence-electron chi connectivity index (χ3n) is 5.91. The maximum atomic E-state index is 12.7. The highest BCUT2D eigenvalue weighted by Crippen LogP contribution is 2.26. The summed E-state index contributed by atoms with van der Waals surface area (Å²) in [6, 6.07) is 33.6. The van der Waals surface area contributed by atoms with Gasteiger partial charge in [-0.1, -0.05) is 72.8 Å². The van der Waals surface area contributed by atoms with Gasteiger partial charge in [0.1, 0.15) is 11.5 Å². The van der Waals surface area contributed by atoms with Gasteiger partial charge in [-0.05, 0) is 65.0 Å². The summed E-state index contributed by atoms with van der Waals surface area (Å²) in [4.78, 5) is 25.2. The third kappa shape index (κ3) is 5.49. The Bertz CT molecular complexity index is 1600. The van der Waals surface area contributed by atoms with Crippen molar-refractivity contribution >= 4 is 39.6 Å². The Morgan fingerprint density at radius 1 is 0.757 bits per heavy atom. The highest BCUT2D eigenvalue weighted by molar-refractivity contribution is 6.05. The molecule has 0 saturated carbocycles. The Hall–Kier alpha value is -4.97. The van der Waals surface area contributed by atoms with Gasteiger partial charge in [0.2, 0.25) is 0 Å². The van der Waals surface area contributed by atoms with Crippen LogP contribution in [-0.2, 0) is 4.79 Å². The normalized spacial score (nSPS) is 11.9. The fourth-order valence-electron chi connectivity index (χ4n) is 3.99. The summed E-state index contributed by atoms with van der Waals surface area (Å²) in [5, 5.41) is 7.82. The number of hydrogen-bond donors (Lipinski definition) is 1. The van der Waals surface area contributed by atoms with Crippen LogP contribution in [-0.4, -0.2) is 24.2 Å².